The Labute approximate surface area is 118 Å². The Morgan fingerprint density at radius 2 is 2.11 bits per heavy atom. The molecule has 0 amide bonds. The molecule has 0 atom stereocenters. The van der Waals surface area contributed by atoms with E-state index in [1.807, 2.05) is 0 Å². The van der Waals surface area contributed by atoms with E-state index in [2.05, 4.69) is 15.9 Å². The van der Waals surface area contributed by atoms with Crippen molar-refractivity contribution in [2.45, 2.75) is 24.2 Å². The SMILES string of the molecule is O=S(=O)(Cl)c1cc(Br)c(OCC2CCC2)cc1F. The van der Waals surface area contributed by atoms with Crippen molar-refractivity contribution in [3.05, 3.63) is 22.4 Å². The first kappa shape index (κ1) is 14.1. The molecule has 2 rings (SSSR count). The molecule has 0 aliphatic heterocycles. The van der Waals surface area contributed by atoms with Crippen LogP contribution in [0.2, 0.25) is 0 Å². The van der Waals surface area contributed by atoms with E-state index in [4.69, 9.17) is 15.4 Å². The van der Waals surface area contributed by atoms with Crippen molar-refractivity contribution in [2.75, 3.05) is 6.61 Å². The molecule has 1 aromatic carbocycles. The van der Waals surface area contributed by atoms with Gasteiger partial charge >= 0.3 is 0 Å². The standard InChI is InChI=1S/C11H11BrClFO3S/c12-8-4-11(18(13,15)16)9(14)5-10(8)17-6-7-2-1-3-7/h4-5,7H,1-3,6H2. The Balaban J connectivity index is 2.19. The lowest BCUT2D eigenvalue weighted by molar-refractivity contribution is 0.179. The second-order valence-electron chi connectivity index (χ2n) is 4.26. The number of hydrogen-bond acceptors (Lipinski definition) is 3. The molecule has 1 fully saturated rings. The van der Waals surface area contributed by atoms with E-state index in [1.165, 1.54) is 6.42 Å². The fourth-order valence-corrected chi connectivity index (χ4v) is 3.19. The minimum atomic E-state index is -4.09. The van der Waals surface area contributed by atoms with Crippen LogP contribution in [0.5, 0.6) is 5.75 Å². The van der Waals surface area contributed by atoms with E-state index in [1.54, 1.807) is 0 Å². The summed E-state index contributed by atoms with van der Waals surface area (Å²) in [4.78, 5) is -0.549. The zero-order chi connectivity index (χ0) is 13.3. The minimum Gasteiger partial charge on any atom is -0.492 e. The smallest absolute Gasteiger partial charge is 0.264 e. The van der Waals surface area contributed by atoms with Gasteiger partial charge in [-0.3, -0.25) is 0 Å². The topological polar surface area (TPSA) is 43.4 Å². The van der Waals surface area contributed by atoms with Crippen LogP contribution in [0.4, 0.5) is 4.39 Å². The Kier molecular flexibility index (Phi) is 4.18. The molecule has 0 aromatic heterocycles. The molecular formula is C11H11BrClFO3S. The van der Waals surface area contributed by atoms with Gasteiger partial charge in [-0.25, -0.2) is 12.8 Å². The number of halogens is 3. The predicted octanol–water partition coefficient (Wildman–Crippen LogP) is 3.69. The van der Waals surface area contributed by atoms with Crippen LogP contribution in [0.3, 0.4) is 0 Å². The van der Waals surface area contributed by atoms with Crippen LogP contribution in [0.15, 0.2) is 21.5 Å². The van der Waals surface area contributed by atoms with Crippen molar-refractivity contribution in [1.82, 2.24) is 0 Å². The summed E-state index contributed by atoms with van der Waals surface area (Å²) in [6.45, 7) is 0.519. The lowest BCUT2D eigenvalue weighted by Gasteiger charge is -2.25. The third kappa shape index (κ3) is 3.16. The summed E-state index contributed by atoms with van der Waals surface area (Å²) in [5.41, 5.74) is 0. The first-order chi connectivity index (χ1) is 8.38. The average molecular weight is 358 g/mol. The molecule has 0 spiro atoms. The third-order valence-electron chi connectivity index (χ3n) is 2.95. The van der Waals surface area contributed by atoms with E-state index in [0.717, 1.165) is 25.0 Å². The van der Waals surface area contributed by atoms with Gasteiger partial charge < -0.3 is 4.74 Å². The van der Waals surface area contributed by atoms with Crippen LogP contribution in [0.1, 0.15) is 19.3 Å². The summed E-state index contributed by atoms with van der Waals surface area (Å²) in [7, 11) is 1.03. The van der Waals surface area contributed by atoms with Crippen LogP contribution in [-0.4, -0.2) is 15.0 Å². The molecule has 0 heterocycles. The molecule has 0 saturated heterocycles. The fraction of sp³-hybridized carbons (Fsp3) is 0.455. The predicted molar refractivity (Wildman–Crippen MR) is 70.0 cm³/mol. The lowest BCUT2D eigenvalue weighted by Crippen LogP contribution is -2.19. The molecule has 1 aromatic rings. The van der Waals surface area contributed by atoms with E-state index in [0.29, 0.717) is 22.7 Å². The number of benzene rings is 1. The Bertz CT molecular complexity index is 558. The molecule has 0 bridgehead atoms. The van der Waals surface area contributed by atoms with Crippen LogP contribution >= 0.6 is 26.6 Å². The Morgan fingerprint density at radius 3 is 2.61 bits per heavy atom. The maximum Gasteiger partial charge on any atom is 0.264 e. The third-order valence-corrected chi connectivity index (χ3v) is 4.91. The van der Waals surface area contributed by atoms with Gasteiger partial charge in [0.2, 0.25) is 0 Å². The van der Waals surface area contributed by atoms with Crippen molar-refractivity contribution in [3.63, 3.8) is 0 Å². The van der Waals surface area contributed by atoms with Gasteiger partial charge in [0.05, 0.1) is 11.1 Å². The highest BCUT2D eigenvalue weighted by molar-refractivity contribution is 9.10. The summed E-state index contributed by atoms with van der Waals surface area (Å²) in [6, 6.07) is 2.16. The highest BCUT2D eigenvalue weighted by atomic mass is 79.9. The average Bonchev–Trinajstić information content (AvgIpc) is 2.18. The van der Waals surface area contributed by atoms with E-state index < -0.39 is 19.8 Å². The van der Waals surface area contributed by atoms with Gasteiger partial charge in [-0.05, 0) is 40.8 Å². The molecule has 3 nitrogen and oxygen atoms in total. The highest BCUT2D eigenvalue weighted by Crippen LogP contribution is 2.33. The summed E-state index contributed by atoms with van der Waals surface area (Å²) in [6.07, 6.45) is 3.44. The second kappa shape index (κ2) is 5.35. The van der Waals surface area contributed by atoms with Gasteiger partial charge in [-0.1, -0.05) is 6.42 Å². The molecule has 1 aliphatic carbocycles. The number of rotatable bonds is 4. The highest BCUT2D eigenvalue weighted by Gasteiger charge is 2.21. The van der Waals surface area contributed by atoms with Crippen molar-refractivity contribution < 1.29 is 17.5 Å². The van der Waals surface area contributed by atoms with Gasteiger partial charge in [0.25, 0.3) is 9.05 Å². The number of hydrogen-bond donors (Lipinski definition) is 0. The molecule has 0 unspecified atom stereocenters. The first-order valence-corrected chi connectivity index (χ1v) is 8.54. The monoisotopic (exact) mass is 356 g/mol. The van der Waals surface area contributed by atoms with Crippen LogP contribution < -0.4 is 4.74 Å². The molecule has 7 heteroatoms. The van der Waals surface area contributed by atoms with E-state index >= 15 is 0 Å². The summed E-state index contributed by atoms with van der Waals surface area (Å²) in [5.74, 6) is -0.100. The van der Waals surface area contributed by atoms with Crippen LogP contribution in [0.25, 0.3) is 0 Å². The quantitative estimate of drug-likeness (QED) is 0.772. The molecule has 1 saturated carbocycles. The summed E-state index contributed by atoms with van der Waals surface area (Å²) >= 11 is 3.15. The largest absolute Gasteiger partial charge is 0.492 e. The van der Waals surface area contributed by atoms with Gasteiger partial charge in [0, 0.05) is 16.7 Å². The van der Waals surface area contributed by atoms with Crippen LogP contribution in [0, 0.1) is 11.7 Å². The van der Waals surface area contributed by atoms with Crippen molar-refractivity contribution in [3.8, 4) is 5.75 Å². The normalized spacial score (nSPS) is 16.4. The molecule has 18 heavy (non-hydrogen) atoms. The lowest BCUT2D eigenvalue weighted by atomic mass is 9.86. The van der Waals surface area contributed by atoms with Gasteiger partial charge in [-0.15, -0.1) is 0 Å². The number of ether oxygens (including phenoxy) is 1. The minimum absolute atomic E-state index is 0.295. The molecule has 1 aliphatic rings. The summed E-state index contributed by atoms with van der Waals surface area (Å²) < 4.78 is 41.6. The fourth-order valence-electron chi connectivity index (χ4n) is 1.67. The van der Waals surface area contributed by atoms with Crippen molar-refractivity contribution in [1.29, 1.82) is 0 Å². The van der Waals surface area contributed by atoms with E-state index in [-0.39, 0.29) is 0 Å². The van der Waals surface area contributed by atoms with Gasteiger partial charge in [0.1, 0.15) is 16.5 Å². The van der Waals surface area contributed by atoms with Crippen LogP contribution in [-0.2, 0) is 9.05 Å². The van der Waals surface area contributed by atoms with E-state index in [9.17, 15) is 12.8 Å². The van der Waals surface area contributed by atoms with Gasteiger partial charge in [-0.2, -0.15) is 0 Å². The maximum absolute atomic E-state index is 13.6. The van der Waals surface area contributed by atoms with Crippen molar-refractivity contribution in [2.24, 2.45) is 5.92 Å². The molecule has 0 radical (unpaired) electrons. The maximum atomic E-state index is 13.6. The van der Waals surface area contributed by atoms with Crippen molar-refractivity contribution >= 4 is 35.7 Å². The van der Waals surface area contributed by atoms with Gasteiger partial charge in [0.15, 0.2) is 0 Å². The molecular weight excluding hydrogens is 347 g/mol. The zero-order valence-corrected chi connectivity index (χ0v) is 12.5. The zero-order valence-electron chi connectivity index (χ0n) is 9.33. The molecule has 0 N–H and O–H groups in total. The second-order valence-corrected chi connectivity index (χ2v) is 7.65. The Hall–Kier alpha value is -0.330. The first-order valence-electron chi connectivity index (χ1n) is 5.44. The molecule has 100 valence electrons. The Morgan fingerprint density at radius 1 is 1.44 bits per heavy atom. The summed E-state index contributed by atoms with van der Waals surface area (Å²) in [5, 5.41) is 0.